The van der Waals surface area contributed by atoms with Crippen LogP contribution in [0.15, 0.2) is 0 Å². The molecule has 1 rings (SSSR count). The highest BCUT2D eigenvalue weighted by Gasteiger charge is 2.12. The van der Waals surface area contributed by atoms with Crippen LogP contribution in [-0.4, -0.2) is 27.0 Å². The predicted octanol–water partition coefficient (Wildman–Crippen LogP) is 1.63. The van der Waals surface area contributed by atoms with E-state index < -0.39 is 0 Å². The second-order valence-corrected chi connectivity index (χ2v) is 4.71. The van der Waals surface area contributed by atoms with Crippen LogP contribution in [0.4, 0.5) is 0 Å². The fraction of sp³-hybridized carbons (Fsp3) is 0.727. The zero-order chi connectivity index (χ0) is 12.3. The van der Waals surface area contributed by atoms with Gasteiger partial charge in [-0.1, -0.05) is 11.6 Å². The van der Waals surface area contributed by atoms with E-state index in [-0.39, 0.29) is 12.1 Å². The second kappa shape index (κ2) is 5.66. The van der Waals surface area contributed by atoms with E-state index in [4.69, 9.17) is 11.6 Å². The molecule has 16 heavy (non-hydrogen) atoms. The highest BCUT2D eigenvalue weighted by atomic mass is 35.5. The van der Waals surface area contributed by atoms with Crippen LogP contribution in [0.2, 0.25) is 5.02 Å². The smallest absolute Gasteiger partial charge is 0.0860 e. The summed E-state index contributed by atoms with van der Waals surface area (Å²) in [7, 11) is 1.88. The molecule has 92 valence electrons. The van der Waals surface area contributed by atoms with Gasteiger partial charge in [0.1, 0.15) is 0 Å². The lowest BCUT2D eigenvalue weighted by molar-refractivity contribution is 0.170. The van der Waals surface area contributed by atoms with Crippen molar-refractivity contribution < 1.29 is 5.11 Å². The summed E-state index contributed by atoms with van der Waals surface area (Å²) in [5.41, 5.74) is 1.83. The molecule has 0 radical (unpaired) electrons. The number of aliphatic hydroxyl groups is 1. The first-order chi connectivity index (χ1) is 7.41. The maximum absolute atomic E-state index is 9.25. The van der Waals surface area contributed by atoms with Gasteiger partial charge in [-0.15, -0.1) is 0 Å². The number of aromatic nitrogens is 2. The Bertz CT molecular complexity index is 349. The normalized spacial score (nSPS) is 15.1. The molecule has 0 aliphatic carbocycles. The standard InChI is InChI=1S/C11H20ClN3O/c1-7(5-8(2)16)13-6-10-11(12)9(3)14-15(10)4/h7-8,13,16H,5-6H2,1-4H3. The van der Waals surface area contributed by atoms with Gasteiger partial charge in [-0.25, -0.2) is 0 Å². The van der Waals surface area contributed by atoms with Crippen LogP contribution in [0, 0.1) is 6.92 Å². The predicted molar refractivity (Wildman–Crippen MR) is 65.6 cm³/mol. The van der Waals surface area contributed by atoms with Crippen molar-refractivity contribution in [3.63, 3.8) is 0 Å². The molecule has 2 atom stereocenters. The Morgan fingerprint density at radius 1 is 1.50 bits per heavy atom. The Hall–Kier alpha value is -0.580. The monoisotopic (exact) mass is 245 g/mol. The molecule has 1 aromatic heterocycles. The average molecular weight is 246 g/mol. The summed E-state index contributed by atoms with van der Waals surface area (Å²) in [6.45, 7) is 6.40. The molecule has 0 saturated carbocycles. The molecule has 2 unspecified atom stereocenters. The highest BCUT2D eigenvalue weighted by molar-refractivity contribution is 6.31. The topological polar surface area (TPSA) is 50.1 Å². The van der Waals surface area contributed by atoms with Gasteiger partial charge in [0.2, 0.25) is 0 Å². The zero-order valence-electron chi connectivity index (χ0n) is 10.3. The van der Waals surface area contributed by atoms with E-state index in [1.807, 2.05) is 20.9 Å². The fourth-order valence-corrected chi connectivity index (χ4v) is 1.96. The molecule has 0 amide bonds. The van der Waals surface area contributed by atoms with Gasteiger partial charge >= 0.3 is 0 Å². The quantitative estimate of drug-likeness (QED) is 0.829. The summed E-state index contributed by atoms with van der Waals surface area (Å²) in [6.07, 6.45) is 0.445. The van der Waals surface area contributed by atoms with E-state index in [1.54, 1.807) is 11.6 Å². The van der Waals surface area contributed by atoms with Gasteiger partial charge in [0, 0.05) is 19.6 Å². The number of aryl methyl sites for hydroxylation is 2. The zero-order valence-corrected chi connectivity index (χ0v) is 11.0. The molecule has 1 aromatic rings. The first-order valence-corrected chi connectivity index (χ1v) is 5.89. The van der Waals surface area contributed by atoms with Gasteiger partial charge in [0.25, 0.3) is 0 Å². The molecule has 0 aromatic carbocycles. The lowest BCUT2D eigenvalue weighted by Crippen LogP contribution is -2.29. The number of halogens is 1. The molecule has 5 heteroatoms. The Morgan fingerprint density at radius 3 is 2.56 bits per heavy atom. The summed E-state index contributed by atoms with van der Waals surface area (Å²) in [6, 6.07) is 0.256. The van der Waals surface area contributed by atoms with Crippen LogP contribution < -0.4 is 5.32 Å². The number of hydrogen-bond acceptors (Lipinski definition) is 3. The van der Waals surface area contributed by atoms with Crippen LogP contribution in [-0.2, 0) is 13.6 Å². The van der Waals surface area contributed by atoms with Crippen molar-refractivity contribution in [2.75, 3.05) is 0 Å². The van der Waals surface area contributed by atoms with Crippen molar-refractivity contribution in [2.24, 2.45) is 7.05 Å². The van der Waals surface area contributed by atoms with E-state index in [0.717, 1.165) is 22.8 Å². The van der Waals surface area contributed by atoms with Crippen LogP contribution in [0.5, 0.6) is 0 Å². The summed E-state index contributed by atoms with van der Waals surface area (Å²) in [5.74, 6) is 0. The molecular formula is C11H20ClN3O. The summed E-state index contributed by atoms with van der Waals surface area (Å²) in [4.78, 5) is 0. The third-order valence-corrected chi connectivity index (χ3v) is 3.07. The Balaban J connectivity index is 2.54. The number of nitrogens with one attached hydrogen (secondary N) is 1. The minimum absolute atomic E-state index is 0.256. The minimum Gasteiger partial charge on any atom is -0.393 e. The van der Waals surface area contributed by atoms with Crippen molar-refractivity contribution in [3.8, 4) is 0 Å². The summed E-state index contributed by atoms with van der Waals surface area (Å²) < 4.78 is 1.79. The first kappa shape index (κ1) is 13.5. The average Bonchev–Trinajstić information content (AvgIpc) is 2.38. The van der Waals surface area contributed by atoms with E-state index in [0.29, 0.717) is 6.54 Å². The lowest BCUT2D eigenvalue weighted by Gasteiger charge is -2.15. The third kappa shape index (κ3) is 3.47. The van der Waals surface area contributed by atoms with Crippen molar-refractivity contribution in [3.05, 3.63) is 16.4 Å². The van der Waals surface area contributed by atoms with Crippen molar-refractivity contribution in [2.45, 2.75) is 45.9 Å². The molecule has 0 aliphatic rings. The lowest BCUT2D eigenvalue weighted by atomic mass is 10.1. The Kier molecular flexibility index (Phi) is 4.77. The van der Waals surface area contributed by atoms with Gasteiger partial charge in [-0.3, -0.25) is 4.68 Å². The molecule has 1 heterocycles. The van der Waals surface area contributed by atoms with Crippen LogP contribution in [0.1, 0.15) is 31.7 Å². The van der Waals surface area contributed by atoms with Crippen LogP contribution in [0.3, 0.4) is 0 Å². The number of nitrogens with zero attached hydrogens (tertiary/aromatic N) is 2. The molecule has 0 saturated heterocycles. The van der Waals surface area contributed by atoms with Crippen LogP contribution >= 0.6 is 11.6 Å². The summed E-state index contributed by atoms with van der Waals surface area (Å²) in [5, 5.41) is 17.5. The molecular weight excluding hydrogens is 226 g/mol. The summed E-state index contributed by atoms with van der Waals surface area (Å²) >= 11 is 6.13. The van der Waals surface area contributed by atoms with E-state index in [2.05, 4.69) is 10.4 Å². The number of rotatable bonds is 5. The number of hydrogen-bond donors (Lipinski definition) is 2. The van der Waals surface area contributed by atoms with E-state index >= 15 is 0 Å². The molecule has 2 N–H and O–H groups in total. The maximum Gasteiger partial charge on any atom is 0.0860 e. The second-order valence-electron chi connectivity index (χ2n) is 4.34. The molecule has 0 bridgehead atoms. The molecule has 4 nitrogen and oxygen atoms in total. The third-order valence-electron chi connectivity index (χ3n) is 2.57. The molecule has 0 aliphatic heterocycles. The maximum atomic E-state index is 9.25. The Morgan fingerprint density at radius 2 is 2.12 bits per heavy atom. The van der Waals surface area contributed by atoms with Crippen molar-refractivity contribution >= 4 is 11.6 Å². The van der Waals surface area contributed by atoms with E-state index in [1.165, 1.54) is 0 Å². The fourth-order valence-electron chi connectivity index (χ4n) is 1.74. The van der Waals surface area contributed by atoms with Gasteiger partial charge in [-0.2, -0.15) is 5.10 Å². The van der Waals surface area contributed by atoms with Gasteiger partial charge < -0.3 is 10.4 Å². The van der Waals surface area contributed by atoms with Crippen LogP contribution in [0.25, 0.3) is 0 Å². The number of aliphatic hydroxyl groups excluding tert-OH is 1. The largest absolute Gasteiger partial charge is 0.393 e. The van der Waals surface area contributed by atoms with Crippen molar-refractivity contribution in [1.29, 1.82) is 0 Å². The minimum atomic E-state index is -0.286. The highest BCUT2D eigenvalue weighted by Crippen LogP contribution is 2.19. The van der Waals surface area contributed by atoms with Gasteiger partial charge in [0.15, 0.2) is 0 Å². The SMILES string of the molecule is Cc1nn(C)c(CNC(C)CC(C)O)c1Cl. The molecule has 0 spiro atoms. The first-order valence-electron chi connectivity index (χ1n) is 5.51. The molecule has 0 fully saturated rings. The van der Waals surface area contributed by atoms with Gasteiger partial charge in [-0.05, 0) is 27.2 Å². The Labute approximate surface area is 102 Å². The van der Waals surface area contributed by atoms with E-state index in [9.17, 15) is 5.11 Å². The van der Waals surface area contributed by atoms with Crippen molar-refractivity contribution in [1.82, 2.24) is 15.1 Å². The van der Waals surface area contributed by atoms with Gasteiger partial charge in [0.05, 0.1) is 22.5 Å².